The molecule has 1 fully saturated rings. The van der Waals surface area contributed by atoms with Crippen LogP contribution in [0.3, 0.4) is 0 Å². The second-order valence-electron chi connectivity index (χ2n) is 7.35. The van der Waals surface area contributed by atoms with Crippen LogP contribution in [0.5, 0.6) is 5.75 Å². The van der Waals surface area contributed by atoms with E-state index in [0.29, 0.717) is 17.0 Å². The average Bonchev–Trinajstić information content (AvgIpc) is 3.08. The van der Waals surface area contributed by atoms with Gasteiger partial charge in [-0.2, -0.15) is 0 Å². The number of benzene rings is 3. The molecule has 9 heteroatoms. The molecule has 0 spiro atoms. The quantitative estimate of drug-likeness (QED) is 0.408. The van der Waals surface area contributed by atoms with Crippen molar-refractivity contribution in [1.82, 2.24) is 10.2 Å². The topological polar surface area (TPSA) is 87.7 Å². The number of anilines is 1. The minimum absolute atomic E-state index is 0.00634. The van der Waals surface area contributed by atoms with Crippen molar-refractivity contribution in [3.05, 3.63) is 101 Å². The highest BCUT2D eigenvalue weighted by Crippen LogP contribution is 2.24. The molecule has 0 radical (unpaired) electrons. The van der Waals surface area contributed by atoms with E-state index in [0.717, 1.165) is 4.90 Å². The Morgan fingerprint density at radius 1 is 0.971 bits per heavy atom. The molecule has 3 aromatic rings. The average molecular weight is 463 g/mol. The number of amides is 4. The first-order valence-electron chi connectivity index (χ1n) is 10.3. The van der Waals surface area contributed by atoms with E-state index in [1.54, 1.807) is 30.3 Å². The van der Waals surface area contributed by atoms with Crippen LogP contribution in [-0.2, 0) is 16.1 Å². The molecule has 0 aromatic heterocycles. The van der Waals surface area contributed by atoms with Gasteiger partial charge >= 0.3 is 6.03 Å². The zero-order valence-corrected chi connectivity index (χ0v) is 17.8. The van der Waals surface area contributed by atoms with E-state index in [1.165, 1.54) is 48.5 Å². The third kappa shape index (κ3) is 5.26. The number of imide groups is 1. The number of ether oxygens (including phenoxy) is 1. The van der Waals surface area contributed by atoms with Crippen LogP contribution < -0.4 is 15.4 Å². The maximum absolute atomic E-state index is 13.9. The van der Waals surface area contributed by atoms with Crippen molar-refractivity contribution in [2.24, 2.45) is 0 Å². The molecular weight excluding hydrogens is 444 g/mol. The van der Waals surface area contributed by atoms with Gasteiger partial charge in [-0.3, -0.25) is 14.5 Å². The van der Waals surface area contributed by atoms with Crippen molar-refractivity contribution in [1.29, 1.82) is 0 Å². The number of para-hydroxylation sites is 1. The standard InChI is InChI=1S/C25H19F2N3O4/c26-18-9-11-19(12-10-18)28-23(31)15-34-22-8-4-2-5-16(22)13-21-24(32)30(25(33)29-21)14-17-6-1-3-7-20(17)27/h1-13H,14-15H2,(H,28,31)(H,29,33)/b21-13-. The second-order valence-corrected chi connectivity index (χ2v) is 7.35. The van der Waals surface area contributed by atoms with E-state index in [-0.39, 0.29) is 24.4 Å². The number of hydrogen-bond donors (Lipinski definition) is 2. The van der Waals surface area contributed by atoms with E-state index in [2.05, 4.69) is 10.6 Å². The fraction of sp³-hybridized carbons (Fsp3) is 0.0800. The molecule has 1 aliphatic heterocycles. The Bertz CT molecular complexity index is 1280. The summed E-state index contributed by atoms with van der Waals surface area (Å²) in [7, 11) is 0. The molecular formula is C25H19F2N3O4. The van der Waals surface area contributed by atoms with Gasteiger partial charge in [-0.05, 0) is 42.5 Å². The predicted molar refractivity (Wildman–Crippen MR) is 120 cm³/mol. The van der Waals surface area contributed by atoms with Crippen LogP contribution in [0.2, 0.25) is 0 Å². The SMILES string of the molecule is O=C(COc1ccccc1/C=C1\NC(=O)N(Cc2ccccc2F)C1=O)Nc1ccc(F)cc1. The summed E-state index contributed by atoms with van der Waals surface area (Å²) < 4.78 is 32.5. The highest BCUT2D eigenvalue weighted by molar-refractivity contribution is 6.14. The highest BCUT2D eigenvalue weighted by atomic mass is 19.1. The maximum atomic E-state index is 13.9. The molecule has 4 rings (SSSR count). The zero-order chi connectivity index (χ0) is 24.1. The molecule has 1 saturated heterocycles. The van der Waals surface area contributed by atoms with Gasteiger partial charge in [0.15, 0.2) is 6.61 Å². The predicted octanol–water partition coefficient (Wildman–Crippen LogP) is 4.08. The first-order valence-corrected chi connectivity index (χ1v) is 10.3. The maximum Gasteiger partial charge on any atom is 0.329 e. The lowest BCUT2D eigenvalue weighted by Crippen LogP contribution is -2.30. The minimum atomic E-state index is -0.670. The molecule has 7 nitrogen and oxygen atoms in total. The number of hydrogen-bond acceptors (Lipinski definition) is 4. The van der Waals surface area contributed by atoms with Crippen LogP contribution in [0.15, 0.2) is 78.5 Å². The van der Waals surface area contributed by atoms with Crippen LogP contribution in [0.4, 0.5) is 19.3 Å². The van der Waals surface area contributed by atoms with Crippen molar-refractivity contribution in [2.75, 3.05) is 11.9 Å². The summed E-state index contributed by atoms with van der Waals surface area (Å²) in [5.41, 5.74) is 1.07. The number of carbonyl (C=O) groups is 3. The van der Waals surface area contributed by atoms with Crippen LogP contribution in [-0.4, -0.2) is 29.4 Å². The van der Waals surface area contributed by atoms with Gasteiger partial charge in [0.05, 0.1) is 6.54 Å². The Morgan fingerprint density at radius 3 is 2.44 bits per heavy atom. The lowest BCUT2D eigenvalue weighted by molar-refractivity contribution is -0.123. The Kier molecular flexibility index (Phi) is 6.63. The molecule has 1 heterocycles. The lowest BCUT2D eigenvalue weighted by Gasteiger charge is -2.12. The van der Waals surface area contributed by atoms with Gasteiger partial charge in [-0.25, -0.2) is 13.6 Å². The first-order chi connectivity index (χ1) is 16.4. The molecule has 0 bridgehead atoms. The molecule has 34 heavy (non-hydrogen) atoms. The van der Waals surface area contributed by atoms with Crippen molar-refractivity contribution in [2.45, 2.75) is 6.54 Å². The van der Waals surface area contributed by atoms with E-state index in [1.807, 2.05) is 0 Å². The molecule has 0 saturated carbocycles. The van der Waals surface area contributed by atoms with Crippen molar-refractivity contribution < 1.29 is 27.9 Å². The van der Waals surface area contributed by atoms with Crippen LogP contribution in [0.1, 0.15) is 11.1 Å². The fourth-order valence-corrected chi connectivity index (χ4v) is 3.27. The summed E-state index contributed by atoms with van der Waals surface area (Å²) in [6.45, 7) is -0.548. The monoisotopic (exact) mass is 463 g/mol. The first kappa shape index (κ1) is 22.7. The Labute approximate surface area is 193 Å². The van der Waals surface area contributed by atoms with E-state index < -0.39 is 29.5 Å². The molecule has 0 aliphatic carbocycles. The van der Waals surface area contributed by atoms with Gasteiger partial charge in [0.2, 0.25) is 0 Å². The molecule has 0 unspecified atom stereocenters. The number of carbonyl (C=O) groups excluding carboxylic acids is 3. The number of rotatable bonds is 7. The molecule has 172 valence electrons. The number of nitrogens with zero attached hydrogens (tertiary/aromatic N) is 1. The number of nitrogens with one attached hydrogen (secondary N) is 2. The lowest BCUT2D eigenvalue weighted by atomic mass is 10.1. The van der Waals surface area contributed by atoms with Gasteiger partial charge in [-0.1, -0.05) is 36.4 Å². The van der Waals surface area contributed by atoms with Gasteiger partial charge < -0.3 is 15.4 Å². The largest absolute Gasteiger partial charge is 0.483 e. The van der Waals surface area contributed by atoms with Gasteiger partial charge in [0, 0.05) is 16.8 Å². The summed E-state index contributed by atoms with van der Waals surface area (Å²) in [4.78, 5) is 38.2. The Hall–Kier alpha value is -4.53. The summed E-state index contributed by atoms with van der Waals surface area (Å²) in [5.74, 6) is -1.71. The van der Waals surface area contributed by atoms with Crippen LogP contribution in [0.25, 0.3) is 6.08 Å². The molecule has 3 aromatic carbocycles. The minimum Gasteiger partial charge on any atom is -0.483 e. The van der Waals surface area contributed by atoms with Gasteiger partial charge in [-0.15, -0.1) is 0 Å². The van der Waals surface area contributed by atoms with E-state index >= 15 is 0 Å². The smallest absolute Gasteiger partial charge is 0.329 e. The van der Waals surface area contributed by atoms with Gasteiger partial charge in [0.1, 0.15) is 23.1 Å². The Morgan fingerprint density at radius 2 is 1.68 bits per heavy atom. The van der Waals surface area contributed by atoms with Crippen molar-refractivity contribution in [3.8, 4) is 5.75 Å². The second kappa shape index (κ2) is 9.95. The van der Waals surface area contributed by atoms with Crippen molar-refractivity contribution >= 4 is 29.6 Å². The van der Waals surface area contributed by atoms with Crippen LogP contribution >= 0.6 is 0 Å². The molecule has 4 amide bonds. The highest BCUT2D eigenvalue weighted by Gasteiger charge is 2.34. The third-order valence-corrected chi connectivity index (χ3v) is 4.95. The van der Waals surface area contributed by atoms with Gasteiger partial charge in [0.25, 0.3) is 11.8 Å². The number of halogens is 2. The third-order valence-electron chi connectivity index (χ3n) is 4.95. The summed E-state index contributed by atoms with van der Waals surface area (Å²) in [6.07, 6.45) is 1.43. The molecule has 1 aliphatic rings. The summed E-state index contributed by atoms with van der Waals surface area (Å²) >= 11 is 0. The van der Waals surface area contributed by atoms with E-state index in [4.69, 9.17) is 4.74 Å². The summed E-state index contributed by atoms with van der Waals surface area (Å²) in [6, 6.07) is 17.2. The molecule has 2 N–H and O–H groups in total. The fourth-order valence-electron chi connectivity index (χ4n) is 3.27. The van der Waals surface area contributed by atoms with E-state index in [9.17, 15) is 23.2 Å². The number of urea groups is 1. The van der Waals surface area contributed by atoms with Crippen LogP contribution in [0, 0.1) is 11.6 Å². The summed E-state index contributed by atoms with van der Waals surface area (Å²) in [5, 5.41) is 5.07. The Balaban J connectivity index is 1.44. The molecule has 0 atom stereocenters. The normalized spacial score (nSPS) is 14.3. The zero-order valence-electron chi connectivity index (χ0n) is 17.8. The van der Waals surface area contributed by atoms with Crippen molar-refractivity contribution in [3.63, 3.8) is 0 Å².